The Labute approximate surface area is 107 Å². The van der Waals surface area contributed by atoms with Gasteiger partial charge in [0.2, 0.25) is 5.91 Å². The van der Waals surface area contributed by atoms with Crippen molar-refractivity contribution in [1.82, 2.24) is 14.7 Å². The number of nitrogens with one attached hydrogen (secondary N) is 1. The molecule has 18 heavy (non-hydrogen) atoms. The van der Waals surface area contributed by atoms with Gasteiger partial charge in [0.05, 0.1) is 23.5 Å². The summed E-state index contributed by atoms with van der Waals surface area (Å²) >= 11 is 0. The molecule has 5 nitrogen and oxygen atoms in total. The number of amides is 1. The predicted octanol–water partition coefficient (Wildman–Crippen LogP) is 1.16. The zero-order chi connectivity index (χ0) is 12.7. The van der Waals surface area contributed by atoms with Gasteiger partial charge < -0.3 is 10.2 Å². The number of rotatable bonds is 3. The fourth-order valence-electron chi connectivity index (χ4n) is 3.23. The molecule has 2 aliphatic heterocycles. The van der Waals surface area contributed by atoms with Crippen LogP contribution in [0.4, 0.5) is 5.69 Å². The summed E-state index contributed by atoms with van der Waals surface area (Å²) in [6.07, 6.45) is 5.83. The minimum absolute atomic E-state index is 0.259. The van der Waals surface area contributed by atoms with Crippen LogP contribution in [0.3, 0.4) is 0 Å². The maximum atomic E-state index is 11.9. The molecule has 0 bridgehead atoms. The number of nitrogens with zero attached hydrogens (tertiary/aromatic N) is 3. The molecule has 0 saturated carbocycles. The van der Waals surface area contributed by atoms with E-state index in [4.69, 9.17) is 0 Å². The standard InChI is InChI=1S/C13H20N4O/c1-3-9-11(8-16(2)15-9)14-10-7-13(18)17-6-4-5-12(10)17/h8,10,12,14H,3-7H2,1-2H3. The maximum absolute atomic E-state index is 11.9. The van der Waals surface area contributed by atoms with Crippen LogP contribution in [0.5, 0.6) is 0 Å². The van der Waals surface area contributed by atoms with Gasteiger partial charge in [0, 0.05) is 26.2 Å². The number of fused-ring (bicyclic) bond motifs is 1. The molecule has 1 aromatic rings. The molecule has 2 fully saturated rings. The molecular formula is C13H20N4O. The highest BCUT2D eigenvalue weighted by atomic mass is 16.2. The molecule has 1 amide bonds. The van der Waals surface area contributed by atoms with Crippen molar-refractivity contribution < 1.29 is 4.79 Å². The molecule has 3 rings (SSSR count). The first-order valence-electron chi connectivity index (χ1n) is 6.77. The van der Waals surface area contributed by atoms with E-state index in [0.717, 1.165) is 37.2 Å². The van der Waals surface area contributed by atoms with Crippen molar-refractivity contribution in [1.29, 1.82) is 0 Å². The first-order chi connectivity index (χ1) is 8.69. The summed E-state index contributed by atoms with van der Waals surface area (Å²) < 4.78 is 1.84. The van der Waals surface area contributed by atoms with Gasteiger partial charge in [0.1, 0.15) is 0 Å². The number of hydrogen-bond donors (Lipinski definition) is 1. The van der Waals surface area contributed by atoms with Crippen LogP contribution in [0.1, 0.15) is 31.9 Å². The summed E-state index contributed by atoms with van der Waals surface area (Å²) in [4.78, 5) is 13.9. The molecule has 1 aromatic heterocycles. The zero-order valence-corrected chi connectivity index (χ0v) is 11.0. The van der Waals surface area contributed by atoms with E-state index in [1.165, 1.54) is 0 Å². The number of carbonyl (C=O) groups is 1. The van der Waals surface area contributed by atoms with Gasteiger partial charge in [-0.3, -0.25) is 9.48 Å². The van der Waals surface area contributed by atoms with Gasteiger partial charge in [-0.2, -0.15) is 5.10 Å². The third-order valence-electron chi connectivity index (χ3n) is 4.06. The Morgan fingerprint density at radius 1 is 1.56 bits per heavy atom. The number of carbonyl (C=O) groups excluding carboxylic acids is 1. The highest BCUT2D eigenvalue weighted by Gasteiger charge is 2.42. The Morgan fingerprint density at radius 3 is 3.17 bits per heavy atom. The average Bonchev–Trinajstić information content (AvgIpc) is 2.99. The molecule has 5 heteroatoms. The van der Waals surface area contributed by atoms with E-state index in [-0.39, 0.29) is 6.04 Å². The fraction of sp³-hybridized carbons (Fsp3) is 0.692. The maximum Gasteiger partial charge on any atom is 0.225 e. The summed E-state index contributed by atoms with van der Waals surface area (Å²) in [5.41, 5.74) is 2.17. The molecule has 1 N–H and O–H groups in total. The second-order valence-electron chi connectivity index (χ2n) is 5.27. The fourth-order valence-corrected chi connectivity index (χ4v) is 3.23. The minimum Gasteiger partial charge on any atom is -0.377 e. The second kappa shape index (κ2) is 4.30. The number of aromatic nitrogens is 2. The van der Waals surface area contributed by atoms with Crippen molar-refractivity contribution in [3.63, 3.8) is 0 Å². The van der Waals surface area contributed by atoms with Crippen molar-refractivity contribution in [2.75, 3.05) is 11.9 Å². The number of anilines is 1. The van der Waals surface area contributed by atoms with Gasteiger partial charge in [-0.15, -0.1) is 0 Å². The predicted molar refractivity (Wildman–Crippen MR) is 69.3 cm³/mol. The zero-order valence-electron chi connectivity index (χ0n) is 11.0. The Hall–Kier alpha value is -1.52. The monoisotopic (exact) mass is 248 g/mol. The van der Waals surface area contributed by atoms with Gasteiger partial charge in [-0.25, -0.2) is 0 Å². The molecule has 98 valence electrons. The van der Waals surface area contributed by atoms with Crippen LogP contribution in [-0.2, 0) is 18.3 Å². The lowest BCUT2D eigenvalue weighted by atomic mass is 10.1. The molecule has 0 spiro atoms. The summed E-state index contributed by atoms with van der Waals surface area (Å²) in [6.45, 7) is 3.05. The topological polar surface area (TPSA) is 50.2 Å². The quantitative estimate of drug-likeness (QED) is 0.873. The van der Waals surface area contributed by atoms with E-state index in [9.17, 15) is 4.79 Å². The summed E-state index contributed by atoms with van der Waals surface area (Å²) in [6, 6.07) is 0.650. The highest BCUT2D eigenvalue weighted by Crippen LogP contribution is 2.31. The summed E-state index contributed by atoms with van der Waals surface area (Å²) in [5, 5.41) is 7.97. The molecule has 2 aliphatic rings. The highest BCUT2D eigenvalue weighted by molar-refractivity contribution is 5.81. The van der Waals surface area contributed by atoms with Crippen molar-refractivity contribution in [2.24, 2.45) is 7.05 Å². The van der Waals surface area contributed by atoms with E-state index < -0.39 is 0 Å². The van der Waals surface area contributed by atoms with Crippen LogP contribution in [-0.4, -0.2) is 39.2 Å². The smallest absolute Gasteiger partial charge is 0.225 e. The average molecular weight is 248 g/mol. The number of aryl methyl sites for hydroxylation is 2. The molecule has 2 saturated heterocycles. The normalized spacial score (nSPS) is 26.8. The van der Waals surface area contributed by atoms with Gasteiger partial charge >= 0.3 is 0 Å². The van der Waals surface area contributed by atoms with Crippen LogP contribution in [0.25, 0.3) is 0 Å². The lowest BCUT2D eigenvalue weighted by molar-refractivity contribution is -0.127. The summed E-state index contributed by atoms with van der Waals surface area (Å²) in [5.74, 6) is 0.303. The van der Waals surface area contributed by atoms with E-state index in [2.05, 4.69) is 17.3 Å². The Balaban J connectivity index is 1.78. The summed E-state index contributed by atoms with van der Waals surface area (Å²) in [7, 11) is 1.94. The van der Waals surface area contributed by atoms with Crippen LogP contribution < -0.4 is 5.32 Å². The molecule has 3 heterocycles. The van der Waals surface area contributed by atoms with Crippen molar-refractivity contribution in [2.45, 2.75) is 44.7 Å². The number of hydrogen-bond acceptors (Lipinski definition) is 3. The molecule has 2 atom stereocenters. The van der Waals surface area contributed by atoms with Gasteiger partial charge in [0.25, 0.3) is 0 Å². The first-order valence-corrected chi connectivity index (χ1v) is 6.77. The van der Waals surface area contributed by atoms with Crippen LogP contribution in [0.15, 0.2) is 6.20 Å². The Morgan fingerprint density at radius 2 is 2.39 bits per heavy atom. The molecule has 0 aliphatic carbocycles. The molecule has 0 radical (unpaired) electrons. The van der Waals surface area contributed by atoms with Crippen LogP contribution >= 0.6 is 0 Å². The largest absolute Gasteiger partial charge is 0.377 e. The third kappa shape index (κ3) is 1.78. The molecule has 0 aromatic carbocycles. The van der Waals surface area contributed by atoms with Crippen LogP contribution in [0.2, 0.25) is 0 Å². The lowest BCUT2D eigenvalue weighted by Gasteiger charge is -2.21. The van der Waals surface area contributed by atoms with Crippen molar-refractivity contribution in [3.8, 4) is 0 Å². The van der Waals surface area contributed by atoms with Gasteiger partial charge in [-0.05, 0) is 19.3 Å². The second-order valence-corrected chi connectivity index (χ2v) is 5.27. The Kier molecular flexibility index (Phi) is 2.76. The molecular weight excluding hydrogens is 228 g/mol. The Bertz CT molecular complexity index is 468. The van der Waals surface area contributed by atoms with Crippen molar-refractivity contribution in [3.05, 3.63) is 11.9 Å². The third-order valence-corrected chi connectivity index (χ3v) is 4.06. The minimum atomic E-state index is 0.259. The van der Waals surface area contributed by atoms with Crippen LogP contribution in [0, 0.1) is 0 Å². The lowest BCUT2D eigenvalue weighted by Crippen LogP contribution is -2.34. The van der Waals surface area contributed by atoms with Crippen molar-refractivity contribution >= 4 is 11.6 Å². The SMILES string of the molecule is CCc1nn(C)cc1NC1CC(=O)N2CCCC12. The van der Waals surface area contributed by atoms with Gasteiger partial charge in [-0.1, -0.05) is 6.92 Å². The first kappa shape index (κ1) is 11.6. The van der Waals surface area contributed by atoms with E-state index >= 15 is 0 Å². The van der Waals surface area contributed by atoms with E-state index in [1.54, 1.807) is 0 Å². The van der Waals surface area contributed by atoms with Gasteiger partial charge in [0.15, 0.2) is 0 Å². The molecule has 2 unspecified atom stereocenters. The van der Waals surface area contributed by atoms with E-state index in [0.29, 0.717) is 18.4 Å². The van der Waals surface area contributed by atoms with E-state index in [1.807, 2.05) is 22.8 Å².